The third kappa shape index (κ3) is 2.12. The van der Waals surface area contributed by atoms with Crippen LogP contribution in [0.3, 0.4) is 0 Å². The average molecular weight is 226 g/mol. The third-order valence-electron chi connectivity index (χ3n) is 1.98. The average Bonchev–Trinajstić information content (AvgIpc) is 2.13. The largest absolute Gasteiger partial charge is 0.460 e. The Labute approximate surface area is 88.3 Å². The molecule has 1 aliphatic rings. The lowest BCUT2D eigenvalue weighted by atomic mass is 10.2. The van der Waals surface area contributed by atoms with E-state index in [1.54, 1.807) is 18.2 Å². The maximum Gasteiger partial charge on any atom is 0.341 e. The van der Waals surface area contributed by atoms with Crippen LogP contribution in [0.25, 0.3) is 0 Å². The van der Waals surface area contributed by atoms with Gasteiger partial charge in [0.05, 0.1) is 0 Å². The molecule has 1 aromatic rings. The van der Waals surface area contributed by atoms with Crippen LogP contribution in [0.2, 0.25) is 0 Å². The van der Waals surface area contributed by atoms with E-state index in [2.05, 4.69) is 0 Å². The molecular weight excluding hydrogens is 216 g/mol. The fraction of sp³-hybridized carbons (Fsp3) is 0.200. The van der Waals surface area contributed by atoms with E-state index in [0.717, 1.165) is 5.56 Å². The van der Waals surface area contributed by atoms with Crippen molar-refractivity contribution >= 4 is 10.1 Å². The van der Waals surface area contributed by atoms with Crippen molar-refractivity contribution in [3.8, 4) is 0 Å². The van der Waals surface area contributed by atoms with Crippen LogP contribution in [-0.2, 0) is 19.0 Å². The van der Waals surface area contributed by atoms with E-state index in [1.807, 2.05) is 6.92 Å². The van der Waals surface area contributed by atoms with Crippen molar-refractivity contribution in [2.75, 3.05) is 6.61 Å². The molecule has 0 unspecified atom stereocenters. The summed E-state index contributed by atoms with van der Waals surface area (Å²) in [5.41, 5.74) is 0.994. The van der Waals surface area contributed by atoms with Gasteiger partial charge in [-0.05, 0) is 19.1 Å². The Balaban J connectivity index is 2.24. The minimum absolute atomic E-state index is 0.0515. The first kappa shape index (κ1) is 10.0. The topological polar surface area (TPSA) is 52.6 Å². The summed E-state index contributed by atoms with van der Waals surface area (Å²) in [7, 11) is -3.73. The van der Waals surface area contributed by atoms with Crippen LogP contribution in [0.5, 0.6) is 0 Å². The molecule has 80 valence electrons. The summed E-state index contributed by atoms with van der Waals surface area (Å²) in [6, 6.07) is 6.44. The fourth-order valence-electron chi connectivity index (χ4n) is 1.07. The van der Waals surface area contributed by atoms with Crippen molar-refractivity contribution in [1.29, 1.82) is 0 Å². The second-order valence-electron chi connectivity index (χ2n) is 3.18. The van der Waals surface area contributed by atoms with Gasteiger partial charge in [-0.15, -0.1) is 0 Å². The summed E-state index contributed by atoms with van der Waals surface area (Å²) in [6.45, 7) is 2.29. The third-order valence-corrected chi connectivity index (χ3v) is 3.21. The van der Waals surface area contributed by atoms with Crippen molar-refractivity contribution in [2.24, 2.45) is 0 Å². The van der Waals surface area contributed by atoms with E-state index in [9.17, 15) is 8.42 Å². The Morgan fingerprint density at radius 1 is 1.27 bits per heavy atom. The highest BCUT2D eigenvalue weighted by atomic mass is 32.2. The number of benzene rings is 1. The highest BCUT2D eigenvalue weighted by molar-refractivity contribution is 7.86. The summed E-state index contributed by atoms with van der Waals surface area (Å²) < 4.78 is 32.7. The van der Waals surface area contributed by atoms with Gasteiger partial charge in [0.1, 0.15) is 11.5 Å². The minimum atomic E-state index is -3.73. The van der Waals surface area contributed by atoms with Gasteiger partial charge in [0.2, 0.25) is 0 Å². The Morgan fingerprint density at radius 3 is 2.33 bits per heavy atom. The Kier molecular flexibility index (Phi) is 2.40. The molecule has 2 rings (SSSR count). The van der Waals surface area contributed by atoms with Gasteiger partial charge in [0, 0.05) is 6.08 Å². The summed E-state index contributed by atoms with van der Waals surface area (Å²) in [4.78, 5) is 0.129. The molecule has 0 amide bonds. The summed E-state index contributed by atoms with van der Waals surface area (Å²) >= 11 is 0. The standard InChI is InChI=1S/C10H10O4S/c1-8-2-4-9(5-3-8)15(11,12)14-10-6-7-13-10/h2-6H,7H2,1H3. The Hall–Kier alpha value is -1.49. The van der Waals surface area contributed by atoms with Crippen molar-refractivity contribution in [2.45, 2.75) is 11.8 Å². The maximum atomic E-state index is 11.6. The van der Waals surface area contributed by atoms with Crippen molar-refractivity contribution in [3.05, 3.63) is 41.9 Å². The van der Waals surface area contributed by atoms with Crippen LogP contribution in [-0.4, -0.2) is 15.0 Å². The molecule has 0 aliphatic carbocycles. The predicted molar refractivity (Wildman–Crippen MR) is 53.5 cm³/mol. The second-order valence-corrected chi connectivity index (χ2v) is 4.73. The number of hydrogen-bond donors (Lipinski definition) is 0. The van der Waals surface area contributed by atoms with E-state index in [0.29, 0.717) is 6.61 Å². The summed E-state index contributed by atoms with van der Waals surface area (Å²) in [5.74, 6) is 0.0515. The van der Waals surface area contributed by atoms with Crippen LogP contribution in [0.4, 0.5) is 0 Å². The van der Waals surface area contributed by atoms with Gasteiger partial charge in [0.15, 0.2) is 0 Å². The van der Waals surface area contributed by atoms with Crippen LogP contribution in [0, 0.1) is 6.92 Å². The summed E-state index contributed by atoms with van der Waals surface area (Å²) in [5, 5.41) is 0. The molecule has 0 saturated carbocycles. The second kappa shape index (κ2) is 3.58. The fourth-order valence-corrected chi connectivity index (χ4v) is 1.97. The van der Waals surface area contributed by atoms with Crippen LogP contribution >= 0.6 is 0 Å². The number of ether oxygens (including phenoxy) is 1. The molecule has 1 aromatic carbocycles. The van der Waals surface area contributed by atoms with E-state index in [4.69, 9.17) is 8.92 Å². The SMILES string of the molecule is Cc1ccc(S(=O)(=O)OC2=CCO2)cc1. The molecule has 0 spiro atoms. The molecule has 0 atom stereocenters. The molecule has 0 radical (unpaired) electrons. The van der Waals surface area contributed by atoms with Crippen LogP contribution in [0.15, 0.2) is 41.2 Å². The van der Waals surface area contributed by atoms with Gasteiger partial charge >= 0.3 is 10.1 Å². The van der Waals surface area contributed by atoms with Crippen molar-refractivity contribution < 1.29 is 17.3 Å². The molecule has 0 N–H and O–H groups in total. The van der Waals surface area contributed by atoms with E-state index >= 15 is 0 Å². The minimum Gasteiger partial charge on any atom is -0.460 e. The maximum absolute atomic E-state index is 11.6. The molecule has 0 bridgehead atoms. The monoisotopic (exact) mass is 226 g/mol. The lowest BCUT2D eigenvalue weighted by Crippen LogP contribution is -2.14. The first-order chi connectivity index (χ1) is 7.08. The Bertz CT molecular complexity index is 485. The van der Waals surface area contributed by atoms with Gasteiger partial charge in [-0.1, -0.05) is 17.7 Å². The number of rotatable bonds is 3. The zero-order valence-corrected chi connectivity index (χ0v) is 8.95. The van der Waals surface area contributed by atoms with Gasteiger partial charge in [0.25, 0.3) is 5.95 Å². The highest BCUT2D eigenvalue weighted by Gasteiger charge is 2.21. The van der Waals surface area contributed by atoms with Gasteiger partial charge in [-0.25, -0.2) is 0 Å². The van der Waals surface area contributed by atoms with Crippen molar-refractivity contribution in [3.63, 3.8) is 0 Å². The Morgan fingerprint density at radius 2 is 1.87 bits per heavy atom. The zero-order valence-electron chi connectivity index (χ0n) is 8.14. The van der Waals surface area contributed by atoms with Crippen LogP contribution < -0.4 is 0 Å². The molecule has 15 heavy (non-hydrogen) atoms. The first-order valence-electron chi connectivity index (χ1n) is 4.42. The molecule has 1 aliphatic heterocycles. The number of hydrogen-bond acceptors (Lipinski definition) is 4. The first-order valence-corrected chi connectivity index (χ1v) is 5.83. The summed E-state index contributed by atoms with van der Waals surface area (Å²) in [6.07, 6.45) is 1.56. The lowest BCUT2D eigenvalue weighted by molar-refractivity contribution is 0.0857. The zero-order chi connectivity index (χ0) is 10.9. The number of aryl methyl sites for hydroxylation is 1. The van der Waals surface area contributed by atoms with Crippen molar-refractivity contribution in [1.82, 2.24) is 0 Å². The van der Waals surface area contributed by atoms with E-state index in [-0.39, 0.29) is 10.8 Å². The van der Waals surface area contributed by atoms with Gasteiger partial charge in [-0.2, -0.15) is 8.42 Å². The van der Waals surface area contributed by atoms with E-state index in [1.165, 1.54) is 12.1 Å². The normalized spacial score (nSPS) is 14.9. The molecule has 0 aromatic heterocycles. The molecule has 4 nitrogen and oxygen atoms in total. The van der Waals surface area contributed by atoms with E-state index < -0.39 is 10.1 Å². The molecule has 1 heterocycles. The van der Waals surface area contributed by atoms with Crippen LogP contribution in [0.1, 0.15) is 5.56 Å². The predicted octanol–water partition coefficient (Wildman–Crippen LogP) is 1.57. The molecular formula is C10H10O4S. The van der Waals surface area contributed by atoms with Gasteiger partial charge in [-0.3, -0.25) is 0 Å². The lowest BCUT2D eigenvalue weighted by Gasteiger charge is -2.16. The quantitative estimate of drug-likeness (QED) is 0.734. The molecule has 0 fully saturated rings. The highest BCUT2D eigenvalue weighted by Crippen LogP contribution is 2.19. The van der Waals surface area contributed by atoms with Gasteiger partial charge < -0.3 is 8.92 Å². The molecule has 5 heteroatoms. The molecule has 0 saturated heterocycles. The smallest absolute Gasteiger partial charge is 0.341 e.